The first-order chi connectivity index (χ1) is 12.3. The lowest BCUT2D eigenvalue weighted by Gasteiger charge is -2.28. The molecule has 0 atom stereocenters. The maximum atomic E-state index is 12.1. The molecule has 0 unspecified atom stereocenters. The molecule has 0 saturated carbocycles. The Morgan fingerprint density at radius 1 is 0.880 bits per heavy atom. The highest BCUT2D eigenvalue weighted by atomic mass is 16.1. The summed E-state index contributed by atoms with van der Waals surface area (Å²) in [6.45, 7) is 6.99. The van der Waals surface area contributed by atoms with Gasteiger partial charge in [-0.3, -0.25) is 4.79 Å². The van der Waals surface area contributed by atoms with E-state index in [4.69, 9.17) is 0 Å². The fourth-order valence-electron chi connectivity index (χ4n) is 3.73. The lowest BCUT2D eigenvalue weighted by molar-refractivity contribution is -0.115. The number of hydrogen-bond acceptors (Lipinski definition) is 4. The number of piperidine rings is 2. The summed E-state index contributed by atoms with van der Waals surface area (Å²) < 4.78 is 0. The number of carbonyl (C=O) groups excluding carboxylic acids is 1. The van der Waals surface area contributed by atoms with E-state index < -0.39 is 0 Å². The topological polar surface area (TPSA) is 47.6 Å². The van der Waals surface area contributed by atoms with E-state index in [1.165, 1.54) is 57.3 Å². The van der Waals surface area contributed by atoms with Crippen molar-refractivity contribution in [3.8, 4) is 0 Å². The van der Waals surface area contributed by atoms with Gasteiger partial charge in [-0.15, -0.1) is 0 Å². The van der Waals surface area contributed by atoms with Gasteiger partial charge in [-0.25, -0.2) is 0 Å². The summed E-state index contributed by atoms with van der Waals surface area (Å²) in [4.78, 5) is 17.0. The average Bonchev–Trinajstić information content (AvgIpc) is 2.67. The molecule has 1 aromatic carbocycles. The molecule has 2 aliphatic rings. The molecule has 1 aromatic rings. The normalized spacial score (nSPS) is 19.0. The van der Waals surface area contributed by atoms with Crippen molar-refractivity contribution in [1.29, 1.82) is 0 Å². The Bertz CT molecular complexity index is 519. The van der Waals surface area contributed by atoms with Crippen LogP contribution in [-0.4, -0.2) is 56.6 Å². The first-order valence-electron chi connectivity index (χ1n) is 9.89. The molecule has 0 aromatic heterocycles. The van der Waals surface area contributed by atoms with Gasteiger partial charge in [0.2, 0.25) is 5.91 Å². The third-order valence-electron chi connectivity index (χ3n) is 5.21. The van der Waals surface area contributed by atoms with Crippen LogP contribution in [0.15, 0.2) is 24.3 Å². The molecule has 0 aliphatic carbocycles. The molecular formula is C20H32N4O. The maximum Gasteiger partial charge on any atom is 0.238 e. The molecule has 3 rings (SSSR count). The molecule has 5 nitrogen and oxygen atoms in total. The SMILES string of the molecule is O=C(CNCCN1CCCCC1)Nc1ccc(N2CCCCC2)cc1. The minimum Gasteiger partial charge on any atom is -0.372 e. The van der Waals surface area contributed by atoms with Crippen LogP contribution >= 0.6 is 0 Å². The van der Waals surface area contributed by atoms with Gasteiger partial charge in [0, 0.05) is 37.6 Å². The number of hydrogen-bond donors (Lipinski definition) is 2. The van der Waals surface area contributed by atoms with E-state index in [0.717, 1.165) is 31.9 Å². The van der Waals surface area contributed by atoms with Crippen molar-refractivity contribution in [2.45, 2.75) is 38.5 Å². The van der Waals surface area contributed by atoms with Crippen molar-refractivity contribution in [1.82, 2.24) is 10.2 Å². The Balaban J connectivity index is 1.34. The molecule has 2 N–H and O–H groups in total. The third-order valence-corrected chi connectivity index (χ3v) is 5.21. The summed E-state index contributed by atoms with van der Waals surface area (Å²) >= 11 is 0. The summed E-state index contributed by atoms with van der Waals surface area (Å²) in [6.07, 6.45) is 7.89. The van der Waals surface area contributed by atoms with E-state index >= 15 is 0 Å². The quantitative estimate of drug-likeness (QED) is 0.747. The van der Waals surface area contributed by atoms with E-state index in [-0.39, 0.29) is 5.91 Å². The number of benzene rings is 1. The Kier molecular flexibility index (Phi) is 7.12. The van der Waals surface area contributed by atoms with Gasteiger partial charge in [-0.05, 0) is 69.5 Å². The zero-order valence-electron chi connectivity index (χ0n) is 15.3. The van der Waals surface area contributed by atoms with E-state index in [9.17, 15) is 4.79 Å². The van der Waals surface area contributed by atoms with Crippen LogP contribution in [0.25, 0.3) is 0 Å². The highest BCUT2D eigenvalue weighted by Gasteiger charge is 2.11. The highest BCUT2D eigenvalue weighted by molar-refractivity contribution is 5.92. The minimum absolute atomic E-state index is 0.0318. The van der Waals surface area contributed by atoms with Crippen LogP contribution in [0.3, 0.4) is 0 Å². The molecular weight excluding hydrogens is 312 g/mol. The summed E-state index contributed by atoms with van der Waals surface area (Å²) in [5.74, 6) is 0.0318. The van der Waals surface area contributed by atoms with E-state index in [1.807, 2.05) is 12.1 Å². The number of carbonyl (C=O) groups is 1. The second-order valence-electron chi connectivity index (χ2n) is 7.22. The molecule has 5 heteroatoms. The van der Waals surface area contributed by atoms with Gasteiger partial charge < -0.3 is 20.4 Å². The largest absolute Gasteiger partial charge is 0.372 e. The number of nitrogens with one attached hydrogen (secondary N) is 2. The van der Waals surface area contributed by atoms with Crippen LogP contribution in [0.1, 0.15) is 38.5 Å². The number of likely N-dealkylation sites (tertiary alicyclic amines) is 1. The zero-order chi connectivity index (χ0) is 17.3. The van der Waals surface area contributed by atoms with Crippen molar-refractivity contribution in [3.63, 3.8) is 0 Å². The van der Waals surface area contributed by atoms with Gasteiger partial charge in [0.15, 0.2) is 0 Å². The number of nitrogens with zero attached hydrogens (tertiary/aromatic N) is 2. The second-order valence-corrected chi connectivity index (χ2v) is 7.22. The summed E-state index contributed by atoms with van der Waals surface area (Å²) in [5, 5.41) is 6.23. The van der Waals surface area contributed by atoms with Crippen molar-refractivity contribution < 1.29 is 4.79 Å². The van der Waals surface area contributed by atoms with Gasteiger partial charge in [-0.2, -0.15) is 0 Å². The standard InChI is InChI=1S/C20H32N4O/c25-20(17-21-11-16-23-12-3-1-4-13-23)22-18-7-9-19(10-8-18)24-14-5-2-6-15-24/h7-10,21H,1-6,11-17H2,(H,22,25). The first-order valence-corrected chi connectivity index (χ1v) is 9.89. The molecule has 0 radical (unpaired) electrons. The molecule has 2 fully saturated rings. The predicted octanol–water partition coefficient (Wildman–Crippen LogP) is 2.69. The summed E-state index contributed by atoms with van der Waals surface area (Å²) in [7, 11) is 0. The second kappa shape index (κ2) is 9.78. The zero-order valence-corrected chi connectivity index (χ0v) is 15.3. The Morgan fingerprint density at radius 3 is 2.20 bits per heavy atom. The highest BCUT2D eigenvalue weighted by Crippen LogP contribution is 2.21. The maximum absolute atomic E-state index is 12.1. The van der Waals surface area contributed by atoms with Gasteiger partial charge >= 0.3 is 0 Å². The molecule has 2 aliphatic heterocycles. The van der Waals surface area contributed by atoms with Crippen LogP contribution < -0.4 is 15.5 Å². The van der Waals surface area contributed by atoms with Crippen LogP contribution in [0, 0.1) is 0 Å². The van der Waals surface area contributed by atoms with Gasteiger partial charge in [-0.1, -0.05) is 6.42 Å². The van der Waals surface area contributed by atoms with Crippen molar-refractivity contribution >= 4 is 17.3 Å². The van der Waals surface area contributed by atoms with Crippen molar-refractivity contribution in [3.05, 3.63) is 24.3 Å². The molecule has 25 heavy (non-hydrogen) atoms. The minimum atomic E-state index is 0.0318. The lowest BCUT2D eigenvalue weighted by atomic mass is 10.1. The fraction of sp³-hybridized carbons (Fsp3) is 0.650. The Hall–Kier alpha value is -1.59. The Morgan fingerprint density at radius 2 is 1.52 bits per heavy atom. The van der Waals surface area contributed by atoms with Crippen LogP contribution in [0.2, 0.25) is 0 Å². The third kappa shape index (κ3) is 6.01. The molecule has 0 spiro atoms. The van der Waals surface area contributed by atoms with Gasteiger partial charge in [0.1, 0.15) is 0 Å². The molecule has 2 heterocycles. The van der Waals surface area contributed by atoms with E-state index in [0.29, 0.717) is 6.54 Å². The van der Waals surface area contributed by atoms with Crippen LogP contribution in [-0.2, 0) is 4.79 Å². The van der Waals surface area contributed by atoms with Gasteiger partial charge in [0.25, 0.3) is 0 Å². The molecule has 0 bridgehead atoms. The van der Waals surface area contributed by atoms with Crippen LogP contribution in [0.4, 0.5) is 11.4 Å². The van der Waals surface area contributed by atoms with E-state index in [1.54, 1.807) is 0 Å². The van der Waals surface area contributed by atoms with Crippen molar-refractivity contribution in [2.24, 2.45) is 0 Å². The molecule has 138 valence electrons. The monoisotopic (exact) mass is 344 g/mol. The number of anilines is 2. The van der Waals surface area contributed by atoms with Gasteiger partial charge in [0.05, 0.1) is 6.54 Å². The number of rotatable bonds is 7. The predicted molar refractivity (Wildman–Crippen MR) is 104 cm³/mol. The summed E-state index contributed by atoms with van der Waals surface area (Å²) in [6, 6.07) is 8.25. The summed E-state index contributed by atoms with van der Waals surface area (Å²) in [5.41, 5.74) is 2.14. The van der Waals surface area contributed by atoms with Crippen LogP contribution in [0.5, 0.6) is 0 Å². The number of amides is 1. The molecule has 2 saturated heterocycles. The fourth-order valence-corrected chi connectivity index (χ4v) is 3.73. The lowest BCUT2D eigenvalue weighted by Crippen LogP contribution is -2.38. The van der Waals surface area contributed by atoms with Crippen molar-refractivity contribution in [2.75, 3.05) is 56.0 Å². The van der Waals surface area contributed by atoms with E-state index in [2.05, 4.69) is 32.6 Å². The molecule has 1 amide bonds. The average molecular weight is 345 g/mol. The smallest absolute Gasteiger partial charge is 0.238 e. The first kappa shape index (κ1) is 18.2. The Labute approximate surface area is 151 Å².